The minimum atomic E-state index is -4.54. The molecular weight excluding hydrogens is 313 g/mol. The summed E-state index contributed by atoms with van der Waals surface area (Å²) in [5.41, 5.74) is 5.59. The number of anilines is 2. The summed E-state index contributed by atoms with van der Waals surface area (Å²) in [6.45, 7) is 2.05. The van der Waals surface area contributed by atoms with Gasteiger partial charge >= 0.3 is 6.18 Å². The molecule has 0 unspecified atom stereocenters. The predicted octanol–water partition coefficient (Wildman–Crippen LogP) is 3.94. The largest absolute Gasteiger partial charge is 0.421 e. The quantitative estimate of drug-likeness (QED) is 0.876. The molecule has 2 aromatic rings. The summed E-state index contributed by atoms with van der Waals surface area (Å²) in [6.07, 6.45) is -0.839. The van der Waals surface area contributed by atoms with Crippen LogP contribution in [0.2, 0.25) is 0 Å². The van der Waals surface area contributed by atoms with Gasteiger partial charge < -0.3 is 11.1 Å². The first-order valence-electron chi connectivity index (χ1n) is 6.90. The van der Waals surface area contributed by atoms with E-state index in [-0.39, 0.29) is 12.0 Å². The van der Waals surface area contributed by atoms with Crippen molar-refractivity contribution in [2.45, 2.75) is 38.4 Å². The number of aryl methyl sites for hydroxylation is 2. The molecule has 0 saturated heterocycles. The van der Waals surface area contributed by atoms with Gasteiger partial charge in [-0.15, -0.1) is 11.3 Å². The maximum absolute atomic E-state index is 12.7. The van der Waals surface area contributed by atoms with Gasteiger partial charge in [-0.25, -0.2) is 4.98 Å². The molecule has 2 aromatic heterocycles. The van der Waals surface area contributed by atoms with Gasteiger partial charge in [-0.3, -0.25) is 0 Å². The zero-order chi connectivity index (χ0) is 15.9. The van der Waals surface area contributed by atoms with Crippen LogP contribution >= 0.6 is 11.3 Å². The van der Waals surface area contributed by atoms with E-state index < -0.39 is 17.6 Å². The van der Waals surface area contributed by atoms with Crippen molar-refractivity contribution in [1.29, 1.82) is 0 Å². The number of aromatic nitrogens is 2. The Labute approximate surface area is 129 Å². The molecule has 118 valence electrons. The van der Waals surface area contributed by atoms with Crippen LogP contribution in [-0.2, 0) is 12.6 Å². The third kappa shape index (κ3) is 2.87. The standard InChI is InChI=1S/C14H15F3N4S/c1-7-5-8-10(3-2-4-11(8)22-7)20-13-19-6-9(12(18)21-13)14(15,16)17/h5-6,10H,2-4H2,1H3,(H3,18,19,20,21)/t10-/m1/s1. The van der Waals surface area contributed by atoms with Crippen molar-refractivity contribution in [3.05, 3.63) is 33.1 Å². The molecular formula is C14H15F3N4S. The Hall–Kier alpha value is -1.83. The Morgan fingerprint density at radius 1 is 1.41 bits per heavy atom. The van der Waals surface area contributed by atoms with E-state index in [1.54, 1.807) is 11.3 Å². The van der Waals surface area contributed by atoms with Gasteiger partial charge in [0.2, 0.25) is 5.95 Å². The second kappa shape index (κ2) is 5.42. The van der Waals surface area contributed by atoms with Gasteiger partial charge in [0.05, 0.1) is 6.04 Å². The van der Waals surface area contributed by atoms with Crippen LogP contribution in [0.5, 0.6) is 0 Å². The average molecular weight is 328 g/mol. The topological polar surface area (TPSA) is 63.8 Å². The van der Waals surface area contributed by atoms with Crippen LogP contribution in [0, 0.1) is 6.92 Å². The lowest BCUT2D eigenvalue weighted by molar-refractivity contribution is -0.137. The number of thiophene rings is 1. The molecule has 0 fully saturated rings. The molecule has 0 bridgehead atoms. The van der Waals surface area contributed by atoms with E-state index in [4.69, 9.17) is 5.73 Å². The molecule has 0 aromatic carbocycles. The summed E-state index contributed by atoms with van der Waals surface area (Å²) in [6, 6.07) is 2.13. The maximum atomic E-state index is 12.7. The van der Waals surface area contributed by atoms with Gasteiger partial charge in [-0.1, -0.05) is 0 Å². The number of alkyl halides is 3. The van der Waals surface area contributed by atoms with Crippen LogP contribution in [0.15, 0.2) is 12.3 Å². The van der Waals surface area contributed by atoms with E-state index in [1.165, 1.54) is 15.3 Å². The molecule has 3 N–H and O–H groups in total. The molecule has 0 spiro atoms. The van der Waals surface area contributed by atoms with Crippen molar-refractivity contribution in [3.8, 4) is 0 Å². The van der Waals surface area contributed by atoms with Crippen LogP contribution in [-0.4, -0.2) is 9.97 Å². The van der Waals surface area contributed by atoms with Crippen LogP contribution < -0.4 is 11.1 Å². The number of hydrogen-bond donors (Lipinski definition) is 2. The van der Waals surface area contributed by atoms with Crippen molar-refractivity contribution in [1.82, 2.24) is 9.97 Å². The number of halogens is 3. The van der Waals surface area contributed by atoms with E-state index in [0.29, 0.717) is 0 Å². The minimum absolute atomic E-state index is 0.0184. The third-order valence-corrected chi connectivity index (χ3v) is 4.79. The van der Waals surface area contributed by atoms with Gasteiger partial charge in [-0.2, -0.15) is 18.2 Å². The third-order valence-electron chi connectivity index (χ3n) is 3.66. The zero-order valence-electron chi connectivity index (χ0n) is 11.9. The fourth-order valence-corrected chi connectivity index (χ4v) is 3.82. The Morgan fingerprint density at radius 3 is 2.86 bits per heavy atom. The molecule has 0 radical (unpaired) electrons. The molecule has 4 nitrogen and oxygen atoms in total. The Kier molecular flexibility index (Phi) is 3.72. The maximum Gasteiger partial charge on any atom is 0.421 e. The molecule has 0 amide bonds. The van der Waals surface area contributed by atoms with Crippen LogP contribution in [0.4, 0.5) is 24.9 Å². The fraction of sp³-hybridized carbons (Fsp3) is 0.429. The lowest BCUT2D eigenvalue weighted by Crippen LogP contribution is -2.19. The molecule has 0 aliphatic heterocycles. The number of rotatable bonds is 2. The van der Waals surface area contributed by atoms with Crippen LogP contribution in [0.3, 0.4) is 0 Å². The highest BCUT2D eigenvalue weighted by atomic mass is 32.1. The van der Waals surface area contributed by atoms with E-state index in [1.807, 2.05) is 6.92 Å². The number of nitrogen functional groups attached to an aromatic ring is 1. The van der Waals surface area contributed by atoms with Gasteiger partial charge in [0.25, 0.3) is 0 Å². The van der Waals surface area contributed by atoms with E-state index in [2.05, 4.69) is 21.4 Å². The summed E-state index contributed by atoms with van der Waals surface area (Å²) >= 11 is 1.76. The van der Waals surface area contributed by atoms with Crippen LogP contribution in [0.1, 0.15) is 39.8 Å². The molecule has 1 aliphatic carbocycles. The highest BCUT2D eigenvalue weighted by Gasteiger charge is 2.34. The van der Waals surface area contributed by atoms with Crippen molar-refractivity contribution in [2.24, 2.45) is 0 Å². The van der Waals surface area contributed by atoms with Gasteiger partial charge in [-0.05, 0) is 37.8 Å². The predicted molar refractivity (Wildman–Crippen MR) is 79.8 cm³/mol. The first kappa shape index (κ1) is 15.1. The summed E-state index contributed by atoms with van der Waals surface area (Å²) in [5, 5.41) is 3.11. The molecule has 8 heteroatoms. The number of fused-ring (bicyclic) bond motifs is 1. The summed E-state index contributed by atoms with van der Waals surface area (Å²) in [4.78, 5) is 10.1. The molecule has 2 heterocycles. The first-order valence-corrected chi connectivity index (χ1v) is 7.71. The molecule has 1 aliphatic rings. The Balaban J connectivity index is 1.84. The van der Waals surface area contributed by atoms with Gasteiger partial charge in [0, 0.05) is 16.0 Å². The molecule has 3 rings (SSSR count). The van der Waals surface area contributed by atoms with Crippen molar-refractivity contribution >= 4 is 23.1 Å². The summed E-state index contributed by atoms with van der Waals surface area (Å²) < 4.78 is 38.0. The van der Waals surface area contributed by atoms with Crippen LogP contribution in [0.25, 0.3) is 0 Å². The highest BCUT2D eigenvalue weighted by Crippen LogP contribution is 2.37. The monoisotopic (exact) mass is 328 g/mol. The van der Waals surface area contributed by atoms with Crippen molar-refractivity contribution in [2.75, 3.05) is 11.1 Å². The average Bonchev–Trinajstić information content (AvgIpc) is 2.79. The Morgan fingerprint density at radius 2 is 2.18 bits per heavy atom. The molecule has 1 atom stereocenters. The number of hydrogen-bond acceptors (Lipinski definition) is 5. The highest BCUT2D eigenvalue weighted by molar-refractivity contribution is 7.12. The number of nitrogens with zero attached hydrogens (tertiary/aromatic N) is 2. The zero-order valence-corrected chi connectivity index (χ0v) is 12.7. The lowest BCUT2D eigenvalue weighted by atomic mass is 9.94. The van der Waals surface area contributed by atoms with Gasteiger partial charge in [0.15, 0.2) is 0 Å². The first-order chi connectivity index (χ1) is 10.3. The summed E-state index contributed by atoms with van der Waals surface area (Å²) in [5.74, 6) is -0.422. The second-order valence-electron chi connectivity index (χ2n) is 5.32. The van der Waals surface area contributed by atoms with E-state index in [9.17, 15) is 13.2 Å². The normalized spacial score (nSPS) is 18.1. The van der Waals surface area contributed by atoms with Crippen molar-refractivity contribution < 1.29 is 13.2 Å². The Bertz CT molecular complexity index is 696. The molecule has 22 heavy (non-hydrogen) atoms. The minimum Gasteiger partial charge on any atom is -0.383 e. The van der Waals surface area contributed by atoms with E-state index in [0.717, 1.165) is 25.5 Å². The van der Waals surface area contributed by atoms with E-state index >= 15 is 0 Å². The smallest absolute Gasteiger partial charge is 0.383 e. The summed E-state index contributed by atoms with van der Waals surface area (Å²) in [7, 11) is 0. The SMILES string of the molecule is Cc1cc2c(s1)CCC[C@H]2Nc1ncc(C(F)(F)F)c(N)n1. The van der Waals surface area contributed by atoms with Crippen molar-refractivity contribution in [3.63, 3.8) is 0 Å². The number of nitrogens with one attached hydrogen (secondary N) is 1. The second-order valence-corrected chi connectivity index (χ2v) is 6.66. The fourth-order valence-electron chi connectivity index (χ4n) is 2.68. The van der Waals surface area contributed by atoms with Gasteiger partial charge in [0.1, 0.15) is 11.4 Å². The lowest BCUT2D eigenvalue weighted by Gasteiger charge is -2.23. The number of nitrogens with two attached hydrogens (primary N) is 1. The molecule has 0 saturated carbocycles.